The van der Waals surface area contributed by atoms with Crippen LogP contribution in [-0.4, -0.2) is 15.8 Å². The molecule has 0 radical (unpaired) electrons. The van der Waals surface area contributed by atoms with Gasteiger partial charge < -0.3 is 10.2 Å². The molecule has 188 valence electrons. The molecule has 5 rings (SSSR count). The molecule has 0 unspecified atom stereocenters. The molecular weight excluding hydrogens is 423 g/mol. The fraction of sp³-hybridized carbons (Fsp3) is 0.742. The highest BCUT2D eigenvalue weighted by Crippen LogP contribution is 2.67. The van der Waals surface area contributed by atoms with E-state index in [0.29, 0.717) is 16.4 Å². The summed E-state index contributed by atoms with van der Waals surface area (Å²) in [4.78, 5) is 0. The van der Waals surface area contributed by atoms with Crippen molar-refractivity contribution in [2.45, 2.75) is 110 Å². The maximum atomic E-state index is 13.5. The Morgan fingerprint density at radius 2 is 1.91 bits per heavy atom. The lowest BCUT2D eigenvalue weighted by Crippen LogP contribution is -2.52. The van der Waals surface area contributed by atoms with Crippen molar-refractivity contribution in [1.29, 1.82) is 0 Å². The first kappa shape index (κ1) is 24.5. The van der Waals surface area contributed by atoms with Gasteiger partial charge in [0.05, 0.1) is 11.7 Å². The maximum Gasteiger partial charge on any atom is 0.123 e. The van der Waals surface area contributed by atoms with E-state index in [1.54, 1.807) is 11.6 Å². The molecule has 0 amide bonds. The van der Waals surface area contributed by atoms with Crippen LogP contribution < -0.4 is 0 Å². The third-order valence-electron chi connectivity index (χ3n) is 11.4. The third-order valence-corrected chi connectivity index (χ3v) is 11.4. The highest BCUT2D eigenvalue weighted by atomic mass is 19.1. The van der Waals surface area contributed by atoms with Gasteiger partial charge in [0.25, 0.3) is 0 Å². The van der Waals surface area contributed by atoms with Gasteiger partial charge in [-0.1, -0.05) is 51.0 Å². The molecule has 3 fully saturated rings. The first-order valence-corrected chi connectivity index (χ1v) is 14.0. The van der Waals surface area contributed by atoms with E-state index in [0.717, 1.165) is 62.2 Å². The lowest BCUT2D eigenvalue weighted by Gasteiger charge is -2.59. The SMILES string of the molecule is CC[C@]1(O)CC[C@@]2(C)C(=CC[C@H]3[C@@H]4CC[C@H](CCC[C@@H](O)c5cccc(F)c5)[C@@]4(C)CC[C@@H]32)C1. The van der Waals surface area contributed by atoms with Crippen LogP contribution in [0.2, 0.25) is 0 Å². The van der Waals surface area contributed by atoms with E-state index in [1.165, 1.54) is 50.7 Å². The number of halogens is 1. The van der Waals surface area contributed by atoms with Crippen LogP contribution in [0.4, 0.5) is 4.39 Å². The molecule has 3 saturated carbocycles. The Balaban J connectivity index is 1.24. The zero-order valence-electron chi connectivity index (χ0n) is 21.5. The van der Waals surface area contributed by atoms with E-state index in [4.69, 9.17) is 0 Å². The third kappa shape index (κ3) is 4.09. The summed E-state index contributed by atoms with van der Waals surface area (Å²) in [5.41, 5.74) is 2.51. The minimum atomic E-state index is -0.564. The number of hydrogen-bond acceptors (Lipinski definition) is 2. The van der Waals surface area contributed by atoms with E-state index < -0.39 is 11.7 Å². The van der Waals surface area contributed by atoms with Crippen LogP contribution in [0.1, 0.15) is 109 Å². The largest absolute Gasteiger partial charge is 0.390 e. The number of aliphatic hydroxyl groups is 2. The van der Waals surface area contributed by atoms with Crippen LogP contribution in [0.25, 0.3) is 0 Å². The molecule has 1 aromatic carbocycles. The number of hydrogen-bond donors (Lipinski definition) is 2. The predicted octanol–water partition coefficient (Wildman–Crippen LogP) is 7.75. The Morgan fingerprint density at radius 3 is 2.68 bits per heavy atom. The average Bonchev–Trinajstić information content (AvgIpc) is 3.16. The minimum Gasteiger partial charge on any atom is -0.390 e. The molecule has 2 N–H and O–H groups in total. The molecule has 0 aromatic heterocycles. The summed E-state index contributed by atoms with van der Waals surface area (Å²) in [6, 6.07) is 6.43. The molecule has 0 bridgehead atoms. The quantitative estimate of drug-likeness (QED) is 0.419. The van der Waals surface area contributed by atoms with Gasteiger partial charge in [-0.05, 0) is 123 Å². The Bertz CT molecular complexity index is 926. The average molecular weight is 469 g/mol. The molecule has 2 nitrogen and oxygen atoms in total. The summed E-state index contributed by atoms with van der Waals surface area (Å²) in [7, 11) is 0. The van der Waals surface area contributed by atoms with Crippen molar-refractivity contribution in [1.82, 2.24) is 0 Å². The fourth-order valence-electron chi connectivity index (χ4n) is 9.04. The molecule has 0 saturated heterocycles. The second-order valence-corrected chi connectivity index (χ2v) is 12.8. The van der Waals surface area contributed by atoms with Gasteiger partial charge in [-0.15, -0.1) is 0 Å². The van der Waals surface area contributed by atoms with Gasteiger partial charge in [0.15, 0.2) is 0 Å². The number of rotatable bonds is 6. The van der Waals surface area contributed by atoms with Crippen molar-refractivity contribution < 1.29 is 14.6 Å². The van der Waals surface area contributed by atoms with Crippen LogP contribution in [0.5, 0.6) is 0 Å². The monoisotopic (exact) mass is 468 g/mol. The van der Waals surface area contributed by atoms with Gasteiger partial charge in [-0.2, -0.15) is 0 Å². The van der Waals surface area contributed by atoms with Gasteiger partial charge in [-0.3, -0.25) is 0 Å². The summed E-state index contributed by atoms with van der Waals surface area (Å²) >= 11 is 0. The summed E-state index contributed by atoms with van der Waals surface area (Å²) in [5, 5.41) is 21.6. The lowest BCUT2D eigenvalue weighted by atomic mass is 9.46. The second-order valence-electron chi connectivity index (χ2n) is 12.8. The van der Waals surface area contributed by atoms with Crippen molar-refractivity contribution >= 4 is 0 Å². The van der Waals surface area contributed by atoms with Gasteiger partial charge in [0, 0.05) is 0 Å². The number of benzene rings is 1. The van der Waals surface area contributed by atoms with E-state index in [1.807, 2.05) is 6.07 Å². The number of aliphatic hydroxyl groups excluding tert-OH is 1. The van der Waals surface area contributed by atoms with Crippen LogP contribution in [0, 0.1) is 40.3 Å². The van der Waals surface area contributed by atoms with Crippen molar-refractivity contribution in [3.63, 3.8) is 0 Å². The molecule has 34 heavy (non-hydrogen) atoms. The molecule has 4 aliphatic rings. The maximum absolute atomic E-state index is 13.5. The smallest absolute Gasteiger partial charge is 0.123 e. The van der Waals surface area contributed by atoms with Crippen LogP contribution in [-0.2, 0) is 0 Å². The first-order valence-electron chi connectivity index (χ1n) is 14.0. The first-order chi connectivity index (χ1) is 16.2. The topological polar surface area (TPSA) is 40.5 Å². The van der Waals surface area contributed by atoms with Crippen LogP contribution in [0.3, 0.4) is 0 Å². The Kier molecular flexibility index (Phi) is 6.51. The molecule has 4 aliphatic carbocycles. The Morgan fingerprint density at radius 1 is 1.09 bits per heavy atom. The Hall–Kier alpha value is -1.19. The van der Waals surface area contributed by atoms with Crippen molar-refractivity contribution in [3.8, 4) is 0 Å². The van der Waals surface area contributed by atoms with Crippen LogP contribution in [0.15, 0.2) is 35.9 Å². The highest BCUT2D eigenvalue weighted by molar-refractivity contribution is 5.27. The Labute approximate surface area is 206 Å². The lowest BCUT2D eigenvalue weighted by molar-refractivity contribution is -0.0718. The normalized spacial score (nSPS) is 42.4. The van der Waals surface area contributed by atoms with Crippen molar-refractivity contribution in [2.75, 3.05) is 0 Å². The second kappa shape index (κ2) is 9.04. The van der Waals surface area contributed by atoms with E-state index >= 15 is 0 Å². The molecule has 0 aliphatic heterocycles. The fourth-order valence-corrected chi connectivity index (χ4v) is 9.04. The number of fused-ring (bicyclic) bond motifs is 5. The van der Waals surface area contributed by atoms with Crippen molar-refractivity contribution in [2.24, 2.45) is 34.5 Å². The van der Waals surface area contributed by atoms with Gasteiger partial charge >= 0.3 is 0 Å². The number of allylic oxidation sites excluding steroid dienone is 1. The minimum absolute atomic E-state index is 0.268. The molecular formula is C31H45FO2. The van der Waals surface area contributed by atoms with Gasteiger partial charge in [0.2, 0.25) is 0 Å². The van der Waals surface area contributed by atoms with E-state index in [2.05, 4.69) is 26.8 Å². The summed E-state index contributed by atoms with van der Waals surface area (Å²) in [6.45, 7) is 7.23. The molecule has 8 atom stereocenters. The predicted molar refractivity (Wildman–Crippen MR) is 136 cm³/mol. The standard InChI is InChI=1S/C31H45FO2/c1-4-31(34)18-17-30(3)23(20-31)11-13-25-26-14-12-22(29(26,2)16-15-27(25)30)8-6-10-28(33)21-7-5-9-24(32)19-21/h5,7,9,11,19,22,25-28,33-34H,4,6,8,10,12-18,20H2,1-3H3/t22-,25-,26-,27-,28+,29+,30-,31-/m0/s1. The zero-order chi connectivity index (χ0) is 24.1. The van der Waals surface area contributed by atoms with Gasteiger partial charge in [0.1, 0.15) is 5.82 Å². The highest BCUT2D eigenvalue weighted by Gasteiger charge is 2.59. The van der Waals surface area contributed by atoms with Gasteiger partial charge in [-0.25, -0.2) is 4.39 Å². The van der Waals surface area contributed by atoms with E-state index in [-0.39, 0.29) is 5.82 Å². The molecule has 0 heterocycles. The molecule has 1 aromatic rings. The summed E-state index contributed by atoms with van der Waals surface area (Å²) < 4.78 is 13.5. The summed E-state index contributed by atoms with van der Waals surface area (Å²) in [5.74, 6) is 2.86. The molecule has 3 heteroatoms. The molecule has 0 spiro atoms. The van der Waals surface area contributed by atoms with Crippen LogP contribution >= 0.6 is 0 Å². The van der Waals surface area contributed by atoms with E-state index in [9.17, 15) is 14.6 Å². The van der Waals surface area contributed by atoms with Crippen molar-refractivity contribution in [3.05, 3.63) is 47.3 Å². The summed E-state index contributed by atoms with van der Waals surface area (Å²) in [6.07, 6.45) is 15.3. The zero-order valence-corrected chi connectivity index (χ0v) is 21.5.